The van der Waals surface area contributed by atoms with Crippen LogP contribution >= 0.6 is 0 Å². The summed E-state index contributed by atoms with van der Waals surface area (Å²) in [5.41, 5.74) is 5.45. The first-order valence-electron chi connectivity index (χ1n) is 5.41. The molecule has 8 heteroatoms. The molecule has 1 aromatic heterocycles. The average molecular weight is 262 g/mol. The standard InChI is InChI=1S/C10H13F3N4O/c1-18-8-4-7(15-9(14)16-8)17(6-2-3-6)5-10(11,12)13/h4,6H,2-3,5H2,1H3,(H2,14,15,16). The molecule has 0 aromatic carbocycles. The molecule has 1 aliphatic rings. The second-order valence-electron chi connectivity index (χ2n) is 4.10. The summed E-state index contributed by atoms with van der Waals surface area (Å²) >= 11 is 0. The van der Waals surface area contributed by atoms with Crippen molar-refractivity contribution in [3.05, 3.63) is 6.07 Å². The Hall–Kier alpha value is -1.73. The second kappa shape index (κ2) is 4.51. The van der Waals surface area contributed by atoms with E-state index in [4.69, 9.17) is 10.5 Å². The van der Waals surface area contributed by atoms with Crippen molar-refractivity contribution in [1.82, 2.24) is 9.97 Å². The lowest BCUT2D eigenvalue weighted by Gasteiger charge is -2.24. The van der Waals surface area contributed by atoms with Crippen molar-refractivity contribution < 1.29 is 17.9 Å². The van der Waals surface area contributed by atoms with Crippen LogP contribution in [0.15, 0.2) is 6.07 Å². The van der Waals surface area contributed by atoms with E-state index in [2.05, 4.69) is 9.97 Å². The number of aromatic nitrogens is 2. The first-order chi connectivity index (χ1) is 8.39. The van der Waals surface area contributed by atoms with Gasteiger partial charge in [0.15, 0.2) is 0 Å². The molecule has 100 valence electrons. The summed E-state index contributed by atoms with van der Waals surface area (Å²) in [5, 5.41) is 0. The zero-order chi connectivity index (χ0) is 13.3. The molecule has 0 saturated heterocycles. The van der Waals surface area contributed by atoms with Crippen LogP contribution in [0.4, 0.5) is 24.9 Å². The largest absolute Gasteiger partial charge is 0.481 e. The van der Waals surface area contributed by atoms with Gasteiger partial charge >= 0.3 is 6.18 Å². The number of nitrogens with zero attached hydrogens (tertiary/aromatic N) is 3. The number of anilines is 2. The van der Waals surface area contributed by atoms with Gasteiger partial charge in [-0.05, 0) is 12.8 Å². The van der Waals surface area contributed by atoms with Gasteiger partial charge in [0, 0.05) is 12.1 Å². The molecule has 0 aliphatic heterocycles. The number of rotatable bonds is 4. The first-order valence-corrected chi connectivity index (χ1v) is 5.41. The number of ether oxygens (including phenoxy) is 1. The van der Waals surface area contributed by atoms with Crippen LogP contribution in [0.3, 0.4) is 0 Å². The maximum absolute atomic E-state index is 12.5. The fourth-order valence-corrected chi connectivity index (χ4v) is 1.66. The van der Waals surface area contributed by atoms with E-state index >= 15 is 0 Å². The van der Waals surface area contributed by atoms with Crippen molar-refractivity contribution in [2.75, 3.05) is 24.3 Å². The Morgan fingerprint density at radius 2 is 2.11 bits per heavy atom. The van der Waals surface area contributed by atoms with Crippen LogP contribution in [0.5, 0.6) is 5.88 Å². The normalized spacial score (nSPS) is 15.6. The zero-order valence-electron chi connectivity index (χ0n) is 9.74. The lowest BCUT2D eigenvalue weighted by Crippen LogP contribution is -2.36. The molecule has 0 unspecified atom stereocenters. The lowest BCUT2D eigenvalue weighted by atomic mass is 10.4. The number of methoxy groups -OCH3 is 1. The molecule has 0 spiro atoms. The summed E-state index contributed by atoms with van der Waals surface area (Å²) < 4.78 is 42.4. The van der Waals surface area contributed by atoms with Gasteiger partial charge in [0.2, 0.25) is 11.8 Å². The number of halogens is 3. The molecule has 1 saturated carbocycles. The van der Waals surface area contributed by atoms with Gasteiger partial charge in [-0.2, -0.15) is 23.1 Å². The maximum atomic E-state index is 12.5. The molecular formula is C10H13F3N4O. The Morgan fingerprint density at radius 1 is 1.44 bits per heavy atom. The van der Waals surface area contributed by atoms with Crippen LogP contribution < -0.4 is 15.4 Å². The minimum Gasteiger partial charge on any atom is -0.481 e. The third-order valence-corrected chi connectivity index (χ3v) is 2.55. The number of alkyl halides is 3. The molecule has 0 atom stereocenters. The van der Waals surface area contributed by atoms with Crippen molar-refractivity contribution >= 4 is 11.8 Å². The van der Waals surface area contributed by atoms with Gasteiger partial charge < -0.3 is 15.4 Å². The van der Waals surface area contributed by atoms with E-state index in [9.17, 15) is 13.2 Å². The molecule has 1 aliphatic carbocycles. The molecule has 2 rings (SSSR count). The number of nitrogen functional groups attached to an aromatic ring is 1. The summed E-state index contributed by atoms with van der Waals surface area (Å²) in [5.74, 6) is 0.210. The Bertz CT molecular complexity index is 434. The summed E-state index contributed by atoms with van der Waals surface area (Å²) in [7, 11) is 1.37. The van der Waals surface area contributed by atoms with E-state index < -0.39 is 12.7 Å². The highest BCUT2D eigenvalue weighted by atomic mass is 19.4. The van der Waals surface area contributed by atoms with Gasteiger partial charge in [0.25, 0.3) is 0 Å². The minimum atomic E-state index is -4.28. The van der Waals surface area contributed by atoms with Crippen molar-refractivity contribution in [2.24, 2.45) is 0 Å². The number of hydrogen-bond acceptors (Lipinski definition) is 5. The predicted molar refractivity (Wildman–Crippen MR) is 59.4 cm³/mol. The summed E-state index contributed by atoms with van der Waals surface area (Å²) in [6, 6.07) is 1.23. The van der Waals surface area contributed by atoms with Gasteiger partial charge in [0.05, 0.1) is 7.11 Å². The summed E-state index contributed by atoms with van der Waals surface area (Å²) in [4.78, 5) is 8.78. The van der Waals surface area contributed by atoms with Gasteiger partial charge in [-0.1, -0.05) is 0 Å². The van der Waals surface area contributed by atoms with Crippen LogP contribution in [0.2, 0.25) is 0 Å². The third-order valence-electron chi connectivity index (χ3n) is 2.55. The molecule has 1 fully saturated rings. The van der Waals surface area contributed by atoms with Gasteiger partial charge in [-0.15, -0.1) is 0 Å². The molecule has 0 bridgehead atoms. The van der Waals surface area contributed by atoms with Gasteiger partial charge in [0.1, 0.15) is 12.4 Å². The molecule has 0 radical (unpaired) electrons. The van der Waals surface area contributed by atoms with Crippen molar-refractivity contribution in [2.45, 2.75) is 25.1 Å². The smallest absolute Gasteiger partial charge is 0.405 e. The van der Waals surface area contributed by atoms with Crippen LogP contribution in [-0.4, -0.2) is 35.8 Å². The molecule has 1 heterocycles. The highest BCUT2D eigenvalue weighted by Gasteiger charge is 2.39. The Morgan fingerprint density at radius 3 is 2.61 bits per heavy atom. The SMILES string of the molecule is COc1cc(N(CC(F)(F)F)C2CC2)nc(N)n1. The molecule has 2 N–H and O–H groups in total. The van der Waals surface area contributed by atoms with Crippen LogP contribution in [0.1, 0.15) is 12.8 Å². The number of nitrogens with two attached hydrogens (primary N) is 1. The van der Waals surface area contributed by atoms with E-state index in [0.29, 0.717) is 0 Å². The van der Waals surface area contributed by atoms with Crippen LogP contribution in [0.25, 0.3) is 0 Å². The second-order valence-corrected chi connectivity index (χ2v) is 4.10. The van der Waals surface area contributed by atoms with Gasteiger partial charge in [-0.25, -0.2) is 0 Å². The topological polar surface area (TPSA) is 64.3 Å². The minimum absolute atomic E-state index is 0.0998. The fourth-order valence-electron chi connectivity index (χ4n) is 1.66. The summed E-state index contributed by atoms with van der Waals surface area (Å²) in [6.45, 7) is -1.04. The Kier molecular flexibility index (Phi) is 3.18. The highest BCUT2D eigenvalue weighted by molar-refractivity contribution is 5.47. The van der Waals surface area contributed by atoms with Crippen molar-refractivity contribution in [1.29, 1.82) is 0 Å². The van der Waals surface area contributed by atoms with Crippen molar-refractivity contribution in [3.8, 4) is 5.88 Å². The Balaban J connectivity index is 2.27. The molecular weight excluding hydrogens is 249 g/mol. The van der Waals surface area contributed by atoms with E-state index in [1.807, 2.05) is 0 Å². The summed E-state index contributed by atoms with van der Waals surface area (Å²) in [6.07, 6.45) is -2.83. The van der Waals surface area contributed by atoms with Crippen molar-refractivity contribution in [3.63, 3.8) is 0 Å². The number of hydrogen-bond donors (Lipinski definition) is 1. The predicted octanol–water partition coefficient (Wildman–Crippen LogP) is 1.60. The first kappa shape index (κ1) is 12.7. The van der Waals surface area contributed by atoms with Gasteiger partial charge in [-0.3, -0.25) is 0 Å². The highest BCUT2D eigenvalue weighted by Crippen LogP contribution is 2.34. The molecule has 18 heavy (non-hydrogen) atoms. The third kappa shape index (κ3) is 3.14. The fraction of sp³-hybridized carbons (Fsp3) is 0.600. The zero-order valence-corrected chi connectivity index (χ0v) is 9.74. The molecule has 1 aromatic rings. The van der Waals surface area contributed by atoms with Crippen LogP contribution in [0, 0.1) is 0 Å². The molecule has 0 amide bonds. The van der Waals surface area contributed by atoms with E-state index in [1.54, 1.807) is 0 Å². The molecule has 5 nitrogen and oxygen atoms in total. The average Bonchev–Trinajstić information content (AvgIpc) is 3.07. The maximum Gasteiger partial charge on any atom is 0.405 e. The monoisotopic (exact) mass is 262 g/mol. The lowest BCUT2D eigenvalue weighted by molar-refractivity contribution is -0.120. The van der Waals surface area contributed by atoms with E-state index in [0.717, 1.165) is 12.8 Å². The van der Waals surface area contributed by atoms with E-state index in [-0.39, 0.29) is 23.7 Å². The Labute approximate surface area is 102 Å². The van der Waals surface area contributed by atoms with Crippen LogP contribution in [-0.2, 0) is 0 Å². The van der Waals surface area contributed by atoms with E-state index in [1.165, 1.54) is 18.1 Å². The quantitative estimate of drug-likeness (QED) is 0.892.